The first kappa shape index (κ1) is 19.1. The molecule has 4 rings (SSSR count). The average molecular weight is 413 g/mol. The summed E-state index contributed by atoms with van der Waals surface area (Å²) < 4.78 is 5.24. The number of fused-ring (bicyclic) bond motifs is 1. The molecule has 1 saturated heterocycles. The fraction of sp³-hybridized carbons (Fsp3) is 0.300. The van der Waals surface area contributed by atoms with Crippen molar-refractivity contribution in [1.82, 2.24) is 4.90 Å². The van der Waals surface area contributed by atoms with E-state index in [1.54, 1.807) is 36.4 Å². The Morgan fingerprint density at radius 3 is 2.79 bits per heavy atom. The minimum absolute atomic E-state index is 0.139. The van der Waals surface area contributed by atoms with Gasteiger partial charge >= 0.3 is 5.97 Å². The number of carbonyl (C=O) groups excluding carboxylic acids is 4. The molecule has 1 fully saturated rings. The van der Waals surface area contributed by atoms with Crippen LogP contribution in [0.25, 0.3) is 0 Å². The number of para-hydroxylation sites is 2. The fourth-order valence-electron chi connectivity index (χ4n) is 3.56. The summed E-state index contributed by atoms with van der Waals surface area (Å²) in [6.07, 6.45) is 1.20. The number of anilines is 2. The van der Waals surface area contributed by atoms with Crippen LogP contribution in [0.3, 0.4) is 0 Å². The molecule has 2 aromatic rings. The Morgan fingerprint density at radius 2 is 2.00 bits per heavy atom. The van der Waals surface area contributed by atoms with Gasteiger partial charge in [0.2, 0.25) is 5.91 Å². The maximum Gasteiger partial charge on any atom is 0.329 e. The van der Waals surface area contributed by atoms with Gasteiger partial charge < -0.3 is 15.0 Å². The molecule has 0 radical (unpaired) electrons. The summed E-state index contributed by atoms with van der Waals surface area (Å²) >= 11 is 1.32. The predicted octanol–water partition coefficient (Wildman–Crippen LogP) is 1.88. The van der Waals surface area contributed by atoms with Gasteiger partial charge in [-0.25, -0.2) is 4.79 Å². The first-order chi connectivity index (χ1) is 14.0. The molecule has 0 spiro atoms. The lowest BCUT2D eigenvalue weighted by Gasteiger charge is -2.29. The molecule has 1 atom stereocenters. The van der Waals surface area contributed by atoms with Gasteiger partial charge in [-0.05, 0) is 36.4 Å². The topological polar surface area (TPSA) is 96.0 Å². The van der Waals surface area contributed by atoms with E-state index in [0.717, 1.165) is 0 Å². The Kier molecular flexibility index (Phi) is 5.30. The van der Waals surface area contributed by atoms with Crippen molar-refractivity contribution in [1.29, 1.82) is 0 Å². The van der Waals surface area contributed by atoms with Crippen LogP contribution in [0, 0.1) is 0 Å². The highest BCUT2D eigenvalue weighted by atomic mass is 32.1. The molecule has 3 heterocycles. The molecule has 2 aliphatic heterocycles. The van der Waals surface area contributed by atoms with Gasteiger partial charge in [0.05, 0.1) is 16.3 Å². The number of hydrogen-bond acceptors (Lipinski definition) is 6. The summed E-state index contributed by atoms with van der Waals surface area (Å²) in [5, 5.41) is 4.51. The van der Waals surface area contributed by atoms with Gasteiger partial charge in [0, 0.05) is 6.54 Å². The predicted molar refractivity (Wildman–Crippen MR) is 107 cm³/mol. The molecule has 3 amide bonds. The molecule has 1 N–H and O–H groups in total. The van der Waals surface area contributed by atoms with E-state index in [2.05, 4.69) is 5.32 Å². The van der Waals surface area contributed by atoms with Crippen molar-refractivity contribution >= 4 is 46.4 Å². The minimum Gasteiger partial charge on any atom is -0.454 e. The number of thiophene rings is 1. The van der Waals surface area contributed by atoms with Crippen LogP contribution < -0.4 is 10.2 Å². The van der Waals surface area contributed by atoms with Crippen LogP contribution in [0.1, 0.15) is 22.5 Å². The minimum atomic E-state index is -0.700. The first-order valence-corrected chi connectivity index (χ1v) is 10.1. The highest BCUT2D eigenvalue weighted by molar-refractivity contribution is 7.12. The van der Waals surface area contributed by atoms with Crippen LogP contribution in [-0.2, 0) is 19.1 Å². The number of ether oxygens (including phenoxy) is 1. The van der Waals surface area contributed by atoms with E-state index in [4.69, 9.17) is 4.74 Å². The monoisotopic (exact) mass is 413 g/mol. The highest BCUT2D eigenvalue weighted by Gasteiger charge is 2.36. The second-order valence-electron chi connectivity index (χ2n) is 6.79. The highest BCUT2D eigenvalue weighted by Crippen LogP contribution is 2.29. The van der Waals surface area contributed by atoms with Crippen LogP contribution >= 0.6 is 11.3 Å². The Bertz CT molecular complexity index is 959. The second kappa shape index (κ2) is 8.04. The lowest BCUT2D eigenvalue weighted by atomic mass is 10.2. The summed E-state index contributed by atoms with van der Waals surface area (Å²) in [5.74, 6) is -1.61. The quantitative estimate of drug-likeness (QED) is 0.772. The van der Waals surface area contributed by atoms with Gasteiger partial charge in [-0.15, -0.1) is 11.3 Å². The number of amides is 3. The average Bonchev–Trinajstić information content (AvgIpc) is 3.42. The van der Waals surface area contributed by atoms with E-state index in [-0.39, 0.29) is 18.4 Å². The number of rotatable bonds is 4. The van der Waals surface area contributed by atoms with Gasteiger partial charge in [0.25, 0.3) is 11.8 Å². The molecule has 150 valence electrons. The Hall–Kier alpha value is -3.20. The zero-order valence-electron chi connectivity index (χ0n) is 15.5. The van der Waals surface area contributed by atoms with Crippen LogP contribution in [0.4, 0.5) is 11.4 Å². The second-order valence-corrected chi connectivity index (χ2v) is 7.73. The maximum absolute atomic E-state index is 12.6. The third-order valence-electron chi connectivity index (χ3n) is 4.93. The summed E-state index contributed by atoms with van der Waals surface area (Å²) in [4.78, 5) is 53.0. The summed E-state index contributed by atoms with van der Waals surface area (Å²) in [5.41, 5.74) is 1.09. The lowest BCUT2D eigenvalue weighted by molar-refractivity contribution is -0.151. The molecule has 9 heteroatoms. The molecular formula is C20H19N3O5S. The van der Waals surface area contributed by atoms with Gasteiger partial charge in [-0.1, -0.05) is 18.2 Å². The van der Waals surface area contributed by atoms with Crippen molar-refractivity contribution in [2.45, 2.75) is 18.9 Å². The number of nitrogens with one attached hydrogen (secondary N) is 1. The number of likely N-dealkylation sites (tertiary alicyclic amines) is 1. The molecular weight excluding hydrogens is 394 g/mol. The molecule has 29 heavy (non-hydrogen) atoms. The van der Waals surface area contributed by atoms with Crippen molar-refractivity contribution in [3.05, 3.63) is 46.7 Å². The molecule has 0 unspecified atom stereocenters. The largest absolute Gasteiger partial charge is 0.454 e. The number of nitrogens with zero attached hydrogens (tertiary/aromatic N) is 2. The normalized spacial score (nSPS) is 18.2. The van der Waals surface area contributed by atoms with E-state index in [0.29, 0.717) is 35.6 Å². The van der Waals surface area contributed by atoms with Crippen molar-refractivity contribution in [3.8, 4) is 0 Å². The van der Waals surface area contributed by atoms with Crippen molar-refractivity contribution < 1.29 is 23.9 Å². The molecule has 0 aliphatic carbocycles. The maximum atomic E-state index is 12.6. The van der Waals surface area contributed by atoms with Crippen LogP contribution in [0.15, 0.2) is 41.8 Å². The SMILES string of the molecule is O=C1CN(C(=O)COC(=O)[C@@H]2CCCN2C(=O)c2cccs2)c2ccccc2N1. The Balaban J connectivity index is 1.40. The van der Waals surface area contributed by atoms with Crippen molar-refractivity contribution in [3.63, 3.8) is 0 Å². The number of hydrogen-bond donors (Lipinski definition) is 1. The van der Waals surface area contributed by atoms with Gasteiger partial charge in [-0.3, -0.25) is 19.3 Å². The van der Waals surface area contributed by atoms with E-state index >= 15 is 0 Å². The standard InChI is InChI=1S/C20H19N3O5S/c24-17-11-23(14-6-2-1-5-13(14)21-17)18(25)12-28-20(27)15-7-3-9-22(15)19(26)16-8-4-10-29-16/h1-2,4-6,8,10,15H,3,7,9,11-12H2,(H,21,24)/t15-/m0/s1. The van der Waals surface area contributed by atoms with E-state index in [1.165, 1.54) is 21.1 Å². The Morgan fingerprint density at radius 1 is 1.17 bits per heavy atom. The number of carbonyl (C=O) groups is 4. The van der Waals surface area contributed by atoms with Crippen molar-refractivity contribution in [2.24, 2.45) is 0 Å². The van der Waals surface area contributed by atoms with Gasteiger partial charge in [0.1, 0.15) is 12.6 Å². The van der Waals surface area contributed by atoms with E-state index in [9.17, 15) is 19.2 Å². The molecule has 1 aromatic heterocycles. The fourth-order valence-corrected chi connectivity index (χ4v) is 4.24. The summed E-state index contributed by atoms with van der Waals surface area (Å²) in [6.45, 7) is -0.151. The zero-order chi connectivity index (χ0) is 20.4. The lowest BCUT2D eigenvalue weighted by Crippen LogP contribution is -2.45. The first-order valence-electron chi connectivity index (χ1n) is 9.25. The van der Waals surface area contributed by atoms with Crippen LogP contribution in [0.2, 0.25) is 0 Å². The third kappa shape index (κ3) is 3.86. The third-order valence-corrected chi connectivity index (χ3v) is 5.79. The molecule has 0 bridgehead atoms. The Labute approximate surface area is 171 Å². The number of esters is 1. The van der Waals surface area contributed by atoms with Gasteiger partial charge in [-0.2, -0.15) is 0 Å². The smallest absolute Gasteiger partial charge is 0.329 e. The summed E-state index contributed by atoms with van der Waals surface area (Å²) in [6, 6.07) is 9.73. The van der Waals surface area contributed by atoms with Crippen LogP contribution in [0.5, 0.6) is 0 Å². The summed E-state index contributed by atoms with van der Waals surface area (Å²) in [7, 11) is 0. The molecule has 8 nitrogen and oxygen atoms in total. The molecule has 2 aliphatic rings. The van der Waals surface area contributed by atoms with Gasteiger partial charge in [0.15, 0.2) is 6.61 Å². The number of benzene rings is 1. The molecule has 0 saturated carbocycles. The van der Waals surface area contributed by atoms with Crippen LogP contribution in [-0.4, -0.2) is 54.3 Å². The van der Waals surface area contributed by atoms with E-state index < -0.39 is 24.5 Å². The van der Waals surface area contributed by atoms with E-state index in [1.807, 2.05) is 5.38 Å². The molecule has 1 aromatic carbocycles. The zero-order valence-corrected chi connectivity index (χ0v) is 16.3. The van der Waals surface area contributed by atoms with Crippen molar-refractivity contribution in [2.75, 3.05) is 29.9 Å².